The zero-order valence-electron chi connectivity index (χ0n) is 13.8. The fraction of sp³-hybridized carbons (Fsp3) is 0.375. The second-order valence-corrected chi connectivity index (χ2v) is 6.10. The van der Waals surface area contributed by atoms with Crippen molar-refractivity contribution in [3.05, 3.63) is 47.0 Å². The molecule has 0 aliphatic carbocycles. The number of halogens is 1. The van der Waals surface area contributed by atoms with Gasteiger partial charge in [-0.2, -0.15) is 0 Å². The van der Waals surface area contributed by atoms with Gasteiger partial charge in [0.15, 0.2) is 5.82 Å². The van der Waals surface area contributed by atoms with E-state index < -0.39 is 6.04 Å². The van der Waals surface area contributed by atoms with Crippen LogP contribution in [0.5, 0.6) is 0 Å². The van der Waals surface area contributed by atoms with Gasteiger partial charge in [-0.25, -0.2) is 0 Å². The summed E-state index contributed by atoms with van der Waals surface area (Å²) >= 11 is 5.79. The number of amides is 2. The quantitative estimate of drug-likeness (QED) is 0.834. The normalized spacial score (nSPS) is 12.0. The molecule has 1 atom stereocenters. The third-order valence-electron chi connectivity index (χ3n) is 3.47. The highest BCUT2D eigenvalue weighted by Gasteiger charge is 2.17. The Balaban J connectivity index is 1.89. The molecule has 24 heavy (non-hydrogen) atoms. The van der Waals surface area contributed by atoms with Crippen LogP contribution in [0.2, 0.25) is 5.02 Å². The summed E-state index contributed by atoms with van der Waals surface area (Å²) in [5, 5.41) is 13.8. The molecule has 8 heteroatoms. The molecule has 0 saturated carbocycles. The highest BCUT2D eigenvalue weighted by Crippen LogP contribution is 2.09. The van der Waals surface area contributed by atoms with E-state index in [4.69, 9.17) is 11.6 Å². The Labute approximate surface area is 145 Å². The number of aromatic nitrogens is 3. The number of rotatable bonds is 6. The molecule has 0 saturated heterocycles. The first-order chi connectivity index (χ1) is 11.4. The van der Waals surface area contributed by atoms with Crippen LogP contribution in [0.1, 0.15) is 43.0 Å². The lowest BCUT2D eigenvalue weighted by Crippen LogP contribution is -2.44. The van der Waals surface area contributed by atoms with E-state index in [1.54, 1.807) is 37.5 Å². The molecule has 0 radical (unpaired) electrons. The summed E-state index contributed by atoms with van der Waals surface area (Å²) in [6.45, 7) is 5.88. The average molecular weight is 350 g/mol. The van der Waals surface area contributed by atoms with Gasteiger partial charge in [0.25, 0.3) is 5.91 Å². The van der Waals surface area contributed by atoms with Gasteiger partial charge in [0.05, 0.1) is 6.54 Å². The molecule has 0 aliphatic heterocycles. The maximum Gasteiger partial charge on any atom is 0.251 e. The van der Waals surface area contributed by atoms with Gasteiger partial charge < -0.3 is 15.2 Å². The lowest BCUT2D eigenvalue weighted by Gasteiger charge is -2.15. The first kappa shape index (κ1) is 17.9. The van der Waals surface area contributed by atoms with Crippen molar-refractivity contribution in [2.45, 2.75) is 39.4 Å². The van der Waals surface area contributed by atoms with E-state index in [2.05, 4.69) is 20.8 Å². The average Bonchev–Trinajstić information content (AvgIpc) is 3.01. The molecule has 0 aliphatic rings. The van der Waals surface area contributed by atoms with Crippen LogP contribution >= 0.6 is 11.6 Å². The van der Waals surface area contributed by atoms with Crippen LogP contribution in [0.25, 0.3) is 0 Å². The minimum absolute atomic E-state index is 0.203. The fourth-order valence-electron chi connectivity index (χ4n) is 2.09. The van der Waals surface area contributed by atoms with Gasteiger partial charge in [-0.05, 0) is 45.0 Å². The Kier molecular flexibility index (Phi) is 5.92. The topological polar surface area (TPSA) is 88.9 Å². The van der Waals surface area contributed by atoms with Gasteiger partial charge in [0.1, 0.15) is 12.4 Å². The van der Waals surface area contributed by atoms with E-state index in [1.807, 2.05) is 18.4 Å². The van der Waals surface area contributed by atoms with Crippen molar-refractivity contribution in [2.75, 3.05) is 0 Å². The summed E-state index contributed by atoms with van der Waals surface area (Å²) in [5.41, 5.74) is 0.443. The number of nitrogens with zero attached hydrogens (tertiary/aromatic N) is 3. The molecule has 7 nitrogen and oxygen atoms in total. The smallest absolute Gasteiger partial charge is 0.251 e. The van der Waals surface area contributed by atoms with Gasteiger partial charge in [0, 0.05) is 16.6 Å². The molecule has 1 aromatic heterocycles. The van der Waals surface area contributed by atoms with E-state index in [0.29, 0.717) is 16.4 Å². The summed E-state index contributed by atoms with van der Waals surface area (Å²) in [7, 11) is 0. The summed E-state index contributed by atoms with van der Waals surface area (Å²) in [5.74, 6) is 0.0323. The van der Waals surface area contributed by atoms with Crippen molar-refractivity contribution in [1.82, 2.24) is 25.4 Å². The zero-order valence-corrected chi connectivity index (χ0v) is 14.5. The van der Waals surface area contributed by atoms with Gasteiger partial charge >= 0.3 is 0 Å². The third-order valence-corrected chi connectivity index (χ3v) is 3.72. The van der Waals surface area contributed by atoms with Crippen LogP contribution in [-0.2, 0) is 11.3 Å². The molecule has 1 aromatic carbocycles. The van der Waals surface area contributed by atoms with E-state index >= 15 is 0 Å². The largest absolute Gasteiger partial charge is 0.347 e. The molecule has 128 valence electrons. The Morgan fingerprint density at radius 3 is 2.50 bits per heavy atom. The van der Waals surface area contributed by atoms with Gasteiger partial charge in [-0.3, -0.25) is 9.59 Å². The molecular formula is C16H20ClN5O2. The van der Waals surface area contributed by atoms with Crippen molar-refractivity contribution in [1.29, 1.82) is 0 Å². The van der Waals surface area contributed by atoms with Crippen LogP contribution in [0.15, 0.2) is 30.6 Å². The molecule has 0 fully saturated rings. The number of carbonyl (C=O) groups is 2. The summed E-state index contributed by atoms with van der Waals surface area (Å²) in [6.07, 6.45) is 1.62. The first-order valence-electron chi connectivity index (χ1n) is 7.61. The van der Waals surface area contributed by atoms with Crippen LogP contribution in [0.3, 0.4) is 0 Å². The molecule has 2 aromatic rings. The Bertz CT molecular complexity index is 712. The van der Waals surface area contributed by atoms with Crippen molar-refractivity contribution >= 4 is 23.4 Å². The molecule has 0 bridgehead atoms. The van der Waals surface area contributed by atoms with Gasteiger partial charge in [0.2, 0.25) is 5.91 Å². The molecule has 2 amide bonds. The first-order valence-corrected chi connectivity index (χ1v) is 7.98. The molecule has 0 spiro atoms. The third kappa shape index (κ3) is 4.55. The predicted molar refractivity (Wildman–Crippen MR) is 90.6 cm³/mol. The maximum absolute atomic E-state index is 12.1. The summed E-state index contributed by atoms with van der Waals surface area (Å²) in [4.78, 5) is 24.2. The molecule has 0 unspecified atom stereocenters. The second kappa shape index (κ2) is 7.92. The van der Waals surface area contributed by atoms with Crippen LogP contribution < -0.4 is 10.6 Å². The Morgan fingerprint density at radius 1 is 1.21 bits per heavy atom. The predicted octanol–water partition coefficient (Wildman–Crippen LogP) is 1.95. The van der Waals surface area contributed by atoms with Crippen LogP contribution in [-0.4, -0.2) is 32.6 Å². The second-order valence-electron chi connectivity index (χ2n) is 5.67. The fourth-order valence-corrected chi connectivity index (χ4v) is 2.22. The molecule has 2 N–H and O–H groups in total. The highest BCUT2D eigenvalue weighted by atomic mass is 35.5. The zero-order chi connectivity index (χ0) is 17.7. The molecular weight excluding hydrogens is 330 g/mol. The minimum Gasteiger partial charge on any atom is -0.347 e. The van der Waals surface area contributed by atoms with E-state index in [-0.39, 0.29) is 24.4 Å². The standard InChI is InChI=1S/C16H20ClN5O2/c1-10(2)22-9-19-21-14(22)8-18-15(23)11(3)20-16(24)12-4-6-13(17)7-5-12/h4-7,9-11H,8H2,1-3H3,(H,18,23)(H,20,24)/t11-/m1/s1. The van der Waals surface area contributed by atoms with E-state index in [1.165, 1.54) is 0 Å². The van der Waals surface area contributed by atoms with Crippen LogP contribution in [0, 0.1) is 0 Å². The monoisotopic (exact) mass is 349 g/mol. The Hall–Kier alpha value is -2.41. The van der Waals surface area contributed by atoms with Crippen molar-refractivity contribution in [2.24, 2.45) is 0 Å². The maximum atomic E-state index is 12.1. The Morgan fingerprint density at radius 2 is 1.88 bits per heavy atom. The number of benzene rings is 1. The molecule has 2 rings (SSSR count). The SMILES string of the molecule is CC(C)n1cnnc1CNC(=O)[C@@H](C)NC(=O)c1ccc(Cl)cc1. The van der Waals surface area contributed by atoms with Crippen LogP contribution in [0.4, 0.5) is 0 Å². The van der Waals surface area contributed by atoms with Crippen molar-refractivity contribution in [3.8, 4) is 0 Å². The van der Waals surface area contributed by atoms with E-state index in [9.17, 15) is 9.59 Å². The number of carbonyl (C=O) groups excluding carboxylic acids is 2. The van der Waals surface area contributed by atoms with Crippen molar-refractivity contribution < 1.29 is 9.59 Å². The summed E-state index contributed by atoms with van der Waals surface area (Å²) < 4.78 is 1.87. The van der Waals surface area contributed by atoms with Gasteiger partial charge in [-0.15, -0.1) is 10.2 Å². The summed E-state index contributed by atoms with van der Waals surface area (Å²) in [6, 6.07) is 5.98. The van der Waals surface area contributed by atoms with Gasteiger partial charge in [-0.1, -0.05) is 11.6 Å². The molecule has 1 heterocycles. The number of hydrogen-bond donors (Lipinski definition) is 2. The lowest BCUT2D eigenvalue weighted by atomic mass is 10.2. The van der Waals surface area contributed by atoms with Crippen molar-refractivity contribution in [3.63, 3.8) is 0 Å². The highest BCUT2D eigenvalue weighted by molar-refractivity contribution is 6.30. The minimum atomic E-state index is -0.677. The number of nitrogens with one attached hydrogen (secondary N) is 2. The lowest BCUT2D eigenvalue weighted by molar-refractivity contribution is -0.122. The van der Waals surface area contributed by atoms with E-state index in [0.717, 1.165) is 0 Å². The number of hydrogen-bond acceptors (Lipinski definition) is 4.